The van der Waals surface area contributed by atoms with E-state index in [1.165, 1.54) is 16.8 Å². The molecule has 1 aliphatic rings. The van der Waals surface area contributed by atoms with Gasteiger partial charge in [-0.05, 0) is 25.0 Å². The van der Waals surface area contributed by atoms with Crippen molar-refractivity contribution in [2.45, 2.75) is 19.4 Å². The Balaban J connectivity index is 2.16. The number of pyridine rings is 1. The normalized spacial score (nSPS) is 14.6. The first-order chi connectivity index (χ1) is 8.22. The molecule has 88 valence electrons. The summed E-state index contributed by atoms with van der Waals surface area (Å²) in [5.74, 6) is -0.0558. The van der Waals surface area contributed by atoms with Crippen molar-refractivity contribution in [1.82, 2.24) is 9.47 Å². The fraction of sp³-hybridized carbons (Fsp3) is 0.417. The number of rotatable bonds is 2. The first kappa shape index (κ1) is 11.4. The lowest BCUT2D eigenvalue weighted by Gasteiger charge is -2.15. The van der Waals surface area contributed by atoms with Gasteiger partial charge in [0.05, 0.1) is 0 Å². The van der Waals surface area contributed by atoms with Crippen LogP contribution in [0.15, 0.2) is 23.1 Å². The smallest absolute Gasteiger partial charge is 0.268 e. The van der Waals surface area contributed by atoms with Crippen LogP contribution in [0.3, 0.4) is 0 Å². The molecule has 2 heterocycles. The molecule has 0 aromatic carbocycles. The second-order valence-corrected chi connectivity index (χ2v) is 4.05. The summed E-state index contributed by atoms with van der Waals surface area (Å²) in [4.78, 5) is 25.3. The minimum Gasteiger partial charge on any atom is -0.341 e. The Bertz CT molecular complexity index is 521. The summed E-state index contributed by atoms with van der Waals surface area (Å²) in [5, 5.41) is 8.73. The zero-order valence-electron chi connectivity index (χ0n) is 9.43. The first-order valence-electron chi connectivity index (χ1n) is 5.59. The first-order valence-corrected chi connectivity index (χ1v) is 5.59. The van der Waals surface area contributed by atoms with E-state index in [1.807, 2.05) is 6.07 Å². The van der Waals surface area contributed by atoms with E-state index in [2.05, 4.69) is 0 Å². The minimum atomic E-state index is -0.400. The van der Waals surface area contributed by atoms with Crippen LogP contribution in [0, 0.1) is 11.3 Å². The zero-order valence-corrected chi connectivity index (χ0v) is 9.43. The van der Waals surface area contributed by atoms with Crippen molar-refractivity contribution in [2.24, 2.45) is 0 Å². The highest BCUT2D eigenvalue weighted by molar-refractivity contribution is 5.76. The van der Waals surface area contributed by atoms with E-state index >= 15 is 0 Å². The number of amides is 1. The molecule has 0 bridgehead atoms. The van der Waals surface area contributed by atoms with Crippen LogP contribution in [-0.2, 0) is 11.3 Å². The maximum atomic E-state index is 11.8. The lowest BCUT2D eigenvalue weighted by molar-refractivity contribution is -0.130. The van der Waals surface area contributed by atoms with Crippen molar-refractivity contribution in [2.75, 3.05) is 13.1 Å². The van der Waals surface area contributed by atoms with Gasteiger partial charge in [0, 0.05) is 19.3 Å². The van der Waals surface area contributed by atoms with Crippen LogP contribution in [0.25, 0.3) is 0 Å². The molecule has 5 nitrogen and oxygen atoms in total. The summed E-state index contributed by atoms with van der Waals surface area (Å²) in [6, 6.07) is 4.89. The van der Waals surface area contributed by atoms with Crippen molar-refractivity contribution in [3.63, 3.8) is 0 Å². The minimum absolute atomic E-state index is 0.0222. The van der Waals surface area contributed by atoms with Gasteiger partial charge in [-0.2, -0.15) is 5.26 Å². The Morgan fingerprint density at radius 3 is 2.76 bits per heavy atom. The van der Waals surface area contributed by atoms with Gasteiger partial charge < -0.3 is 9.47 Å². The standard InChI is InChI=1S/C12H13N3O2/c13-8-10-4-3-7-15(12(10)17)9-11(16)14-5-1-2-6-14/h3-4,7H,1-2,5-6,9H2. The van der Waals surface area contributed by atoms with Crippen molar-refractivity contribution in [1.29, 1.82) is 5.26 Å². The number of hydrogen-bond donors (Lipinski definition) is 0. The number of carbonyl (C=O) groups excluding carboxylic acids is 1. The summed E-state index contributed by atoms with van der Waals surface area (Å²) < 4.78 is 1.29. The quantitative estimate of drug-likeness (QED) is 0.737. The van der Waals surface area contributed by atoms with E-state index < -0.39 is 5.56 Å². The fourth-order valence-corrected chi connectivity index (χ4v) is 1.96. The third-order valence-electron chi connectivity index (χ3n) is 2.90. The van der Waals surface area contributed by atoms with Gasteiger partial charge in [-0.3, -0.25) is 9.59 Å². The summed E-state index contributed by atoms with van der Waals surface area (Å²) in [6.45, 7) is 1.56. The maximum absolute atomic E-state index is 11.8. The van der Waals surface area contributed by atoms with Gasteiger partial charge in [0.1, 0.15) is 18.2 Å². The van der Waals surface area contributed by atoms with E-state index in [4.69, 9.17) is 5.26 Å². The third-order valence-corrected chi connectivity index (χ3v) is 2.90. The van der Waals surface area contributed by atoms with Crippen LogP contribution in [0.2, 0.25) is 0 Å². The Labute approximate surface area is 98.9 Å². The molecule has 1 aliphatic heterocycles. The largest absolute Gasteiger partial charge is 0.341 e. The third kappa shape index (κ3) is 2.36. The van der Waals surface area contributed by atoms with E-state index in [-0.39, 0.29) is 18.0 Å². The van der Waals surface area contributed by atoms with Gasteiger partial charge >= 0.3 is 0 Å². The predicted octanol–water partition coefficient (Wildman–Crippen LogP) is 0.342. The number of aromatic nitrogens is 1. The Morgan fingerprint density at radius 1 is 1.41 bits per heavy atom. The van der Waals surface area contributed by atoms with Crippen molar-refractivity contribution >= 4 is 5.91 Å². The lowest BCUT2D eigenvalue weighted by atomic mass is 10.3. The topological polar surface area (TPSA) is 66.1 Å². The van der Waals surface area contributed by atoms with Crippen LogP contribution < -0.4 is 5.56 Å². The van der Waals surface area contributed by atoms with E-state index in [0.717, 1.165) is 25.9 Å². The average molecular weight is 231 g/mol. The SMILES string of the molecule is N#Cc1cccn(CC(=O)N2CCCC2)c1=O. The van der Waals surface area contributed by atoms with Gasteiger partial charge in [0.15, 0.2) is 0 Å². The highest BCUT2D eigenvalue weighted by Gasteiger charge is 2.18. The van der Waals surface area contributed by atoms with Crippen LogP contribution in [0.4, 0.5) is 0 Å². The molecule has 1 saturated heterocycles. The molecular weight excluding hydrogens is 218 g/mol. The molecule has 1 aromatic rings. The van der Waals surface area contributed by atoms with Crippen LogP contribution in [-0.4, -0.2) is 28.5 Å². The van der Waals surface area contributed by atoms with Gasteiger partial charge in [-0.25, -0.2) is 0 Å². The number of nitrogens with zero attached hydrogens (tertiary/aromatic N) is 3. The van der Waals surface area contributed by atoms with Gasteiger partial charge in [0.2, 0.25) is 5.91 Å². The van der Waals surface area contributed by atoms with E-state index in [0.29, 0.717) is 0 Å². The molecule has 0 unspecified atom stereocenters. The van der Waals surface area contributed by atoms with E-state index in [1.54, 1.807) is 11.0 Å². The second kappa shape index (κ2) is 4.83. The van der Waals surface area contributed by atoms with Crippen LogP contribution in [0.5, 0.6) is 0 Å². The molecule has 2 rings (SSSR count). The Morgan fingerprint density at radius 2 is 2.12 bits per heavy atom. The highest BCUT2D eigenvalue weighted by atomic mass is 16.2. The number of carbonyl (C=O) groups is 1. The number of likely N-dealkylation sites (tertiary alicyclic amines) is 1. The molecular formula is C12H13N3O2. The molecule has 0 aliphatic carbocycles. The molecule has 5 heteroatoms. The molecule has 17 heavy (non-hydrogen) atoms. The van der Waals surface area contributed by atoms with Crippen molar-refractivity contribution in [3.8, 4) is 6.07 Å². The summed E-state index contributed by atoms with van der Waals surface area (Å²) in [5.41, 5.74) is -0.329. The van der Waals surface area contributed by atoms with Crippen LogP contribution >= 0.6 is 0 Å². The predicted molar refractivity (Wildman–Crippen MR) is 61.2 cm³/mol. The molecule has 0 radical (unpaired) electrons. The lowest BCUT2D eigenvalue weighted by Crippen LogP contribution is -2.34. The molecule has 1 aromatic heterocycles. The number of hydrogen-bond acceptors (Lipinski definition) is 3. The van der Waals surface area contributed by atoms with Gasteiger partial charge in [-0.15, -0.1) is 0 Å². The van der Waals surface area contributed by atoms with Crippen molar-refractivity contribution in [3.05, 3.63) is 34.2 Å². The molecule has 0 atom stereocenters. The van der Waals surface area contributed by atoms with Crippen molar-refractivity contribution < 1.29 is 4.79 Å². The fourth-order valence-electron chi connectivity index (χ4n) is 1.96. The summed E-state index contributed by atoms with van der Waals surface area (Å²) in [7, 11) is 0. The molecule has 0 saturated carbocycles. The van der Waals surface area contributed by atoms with Crippen LogP contribution in [0.1, 0.15) is 18.4 Å². The van der Waals surface area contributed by atoms with E-state index in [9.17, 15) is 9.59 Å². The summed E-state index contributed by atoms with van der Waals surface area (Å²) in [6.07, 6.45) is 3.59. The molecule has 0 spiro atoms. The second-order valence-electron chi connectivity index (χ2n) is 4.05. The number of nitriles is 1. The monoisotopic (exact) mass is 231 g/mol. The molecule has 0 N–H and O–H groups in total. The molecule has 1 amide bonds. The highest BCUT2D eigenvalue weighted by Crippen LogP contribution is 2.07. The van der Waals surface area contributed by atoms with Gasteiger partial charge in [0.25, 0.3) is 5.56 Å². The average Bonchev–Trinajstić information content (AvgIpc) is 2.85. The van der Waals surface area contributed by atoms with Gasteiger partial charge in [-0.1, -0.05) is 0 Å². The maximum Gasteiger partial charge on any atom is 0.268 e. The molecule has 1 fully saturated rings. The summed E-state index contributed by atoms with van der Waals surface area (Å²) >= 11 is 0. The zero-order chi connectivity index (χ0) is 12.3. The Hall–Kier alpha value is -2.09. The Kier molecular flexibility index (Phi) is 3.24.